The molecule has 0 aliphatic rings. The number of benzene rings is 2. The standard InChI is InChI=1S/C19H18Cl2N4O2/c1-27-15-7-3-13(4-8-15)19-23-17(24-25-19)11-22-18(26)9-5-12-2-6-14(20)10-16(12)21/h2-4,6-8,10H,5,9,11H2,1H3,(H,22,26)(H,23,24,25). The highest BCUT2D eigenvalue weighted by molar-refractivity contribution is 6.35. The molecule has 0 aliphatic heterocycles. The summed E-state index contributed by atoms with van der Waals surface area (Å²) in [7, 11) is 1.61. The first-order chi connectivity index (χ1) is 13.0. The highest BCUT2D eigenvalue weighted by atomic mass is 35.5. The number of amides is 1. The molecule has 0 aliphatic carbocycles. The lowest BCUT2D eigenvalue weighted by molar-refractivity contribution is -0.121. The molecule has 27 heavy (non-hydrogen) atoms. The maximum atomic E-state index is 12.1. The summed E-state index contributed by atoms with van der Waals surface area (Å²) in [5.41, 5.74) is 1.75. The Bertz CT molecular complexity index is 926. The summed E-state index contributed by atoms with van der Waals surface area (Å²) in [6.07, 6.45) is 0.857. The number of aromatic nitrogens is 3. The number of hydrogen-bond donors (Lipinski definition) is 2. The molecule has 8 heteroatoms. The van der Waals surface area contributed by atoms with Gasteiger partial charge in [0.1, 0.15) is 11.6 Å². The van der Waals surface area contributed by atoms with Crippen molar-refractivity contribution in [2.45, 2.75) is 19.4 Å². The summed E-state index contributed by atoms with van der Waals surface area (Å²) in [6, 6.07) is 12.7. The quantitative estimate of drug-likeness (QED) is 0.622. The van der Waals surface area contributed by atoms with Crippen LogP contribution in [-0.2, 0) is 17.8 Å². The van der Waals surface area contributed by atoms with Crippen LogP contribution >= 0.6 is 23.2 Å². The molecular formula is C19H18Cl2N4O2. The Labute approximate surface area is 166 Å². The third kappa shape index (κ3) is 5.21. The van der Waals surface area contributed by atoms with Gasteiger partial charge in [-0.15, -0.1) is 0 Å². The van der Waals surface area contributed by atoms with Crippen molar-refractivity contribution in [2.75, 3.05) is 7.11 Å². The van der Waals surface area contributed by atoms with Crippen LogP contribution in [0.25, 0.3) is 11.4 Å². The first-order valence-electron chi connectivity index (χ1n) is 8.31. The SMILES string of the molecule is COc1ccc(-c2n[nH]c(CNC(=O)CCc3ccc(Cl)cc3Cl)n2)cc1. The molecule has 0 fully saturated rings. The number of nitrogens with one attached hydrogen (secondary N) is 2. The molecule has 0 spiro atoms. The molecule has 3 aromatic rings. The van der Waals surface area contributed by atoms with Gasteiger partial charge in [-0.25, -0.2) is 4.98 Å². The van der Waals surface area contributed by atoms with Crippen LogP contribution in [0.5, 0.6) is 5.75 Å². The lowest BCUT2D eigenvalue weighted by Crippen LogP contribution is -2.23. The van der Waals surface area contributed by atoms with E-state index in [2.05, 4.69) is 20.5 Å². The molecule has 3 rings (SSSR count). The third-order valence-electron chi connectivity index (χ3n) is 3.97. The van der Waals surface area contributed by atoms with Gasteiger partial charge in [-0.05, 0) is 48.4 Å². The zero-order valence-electron chi connectivity index (χ0n) is 14.6. The van der Waals surface area contributed by atoms with Gasteiger partial charge in [0.15, 0.2) is 5.82 Å². The number of carbonyl (C=O) groups is 1. The van der Waals surface area contributed by atoms with E-state index in [-0.39, 0.29) is 12.5 Å². The topological polar surface area (TPSA) is 79.9 Å². The predicted molar refractivity (Wildman–Crippen MR) is 105 cm³/mol. The van der Waals surface area contributed by atoms with Gasteiger partial charge in [-0.1, -0.05) is 29.3 Å². The first-order valence-corrected chi connectivity index (χ1v) is 9.07. The van der Waals surface area contributed by atoms with Crippen LogP contribution in [0.2, 0.25) is 10.0 Å². The molecule has 6 nitrogen and oxygen atoms in total. The van der Waals surface area contributed by atoms with Crippen molar-refractivity contribution in [2.24, 2.45) is 0 Å². The van der Waals surface area contributed by atoms with E-state index in [1.807, 2.05) is 30.3 Å². The number of hydrogen-bond acceptors (Lipinski definition) is 4. The molecule has 1 amide bonds. The van der Waals surface area contributed by atoms with E-state index in [1.165, 1.54) is 0 Å². The Morgan fingerprint density at radius 2 is 1.96 bits per heavy atom. The number of H-pyrrole nitrogens is 1. The van der Waals surface area contributed by atoms with Gasteiger partial charge < -0.3 is 10.1 Å². The molecule has 0 atom stereocenters. The zero-order chi connectivity index (χ0) is 19.2. The van der Waals surface area contributed by atoms with Crippen molar-refractivity contribution in [3.05, 3.63) is 63.9 Å². The average Bonchev–Trinajstić information content (AvgIpc) is 3.15. The maximum absolute atomic E-state index is 12.1. The molecular weight excluding hydrogens is 387 g/mol. The van der Waals surface area contributed by atoms with E-state index in [0.717, 1.165) is 16.9 Å². The van der Waals surface area contributed by atoms with Crippen LogP contribution in [0.1, 0.15) is 17.8 Å². The number of methoxy groups -OCH3 is 1. The van der Waals surface area contributed by atoms with Crippen LogP contribution in [-0.4, -0.2) is 28.2 Å². The molecule has 0 radical (unpaired) electrons. The smallest absolute Gasteiger partial charge is 0.220 e. The van der Waals surface area contributed by atoms with Gasteiger partial charge in [0.25, 0.3) is 0 Å². The van der Waals surface area contributed by atoms with E-state index in [1.54, 1.807) is 19.2 Å². The number of halogens is 2. The average molecular weight is 405 g/mol. The van der Waals surface area contributed by atoms with Crippen LogP contribution in [0.3, 0.4) is 0 Å². The summed E-state index contributed by atoms with van der Waals surface area (Å²) < 4.78 is 5.13. The van der Waals surface area contributed by atoms with Crippen LogP contribution in [0.4, 0.5) is 0 Å². The van der Waals surface area contributed by atoms with Gasteiger partial charge in [0.2, 0.25) is 5.91 Å². The fourth-order valence-electron chi connectivity index (χ4n) is 2.49. The van der Waals surface area contributed by atoms with Crippen molar-refractivity contribution >= 4 is 29.1 Å². The number of carbonyl (C=O) groups excluding carboxylic acids is 1. The number of nitrogens with zero attached hydrogens (tertiary/aromatic N) is 2. The fourth-order valence-corrected chi connectivity index (χ4v) is 2.99. The Morgan fingerprint density at radius 3 is 2.67 bits per heavy atom. The second-order valence-corrected chi connectivity index (χ2v) is 6.69. The molecule has 0 saturated carbocycles. The summed E-state index contributed by atoms with van der Waals surface area (Å²) in [5, 5.41) is 11.0. The summed E-state index contributed by atoms with van der Waals surface area (Å²) in [5.74, 6) is 1.82. The molecule has 140 valence electrons. The fraction of sp³-hybridized carbons (Fsp3) is 0.211. The van der Waals surface area contributed by atoms with Crippen LogP contribution in [0, 0.1) is 0 Å². The van der Waals surface area contributed by atoms with Crippen molar-refractivity contribution in [3.8, 4) is 17.1 Å². The Kier molecular flexibility index (Phi) is 6.32. The van der Waals surface area contributed by atoms with Gasteiger partial charge in [0.05, 0.1) is 13.7 Å². The molecule has 2 aromatic carbocycles. The highest BCUT2D eigenvalue weighted by Crippen LogP contribution is 2.22. The molecule has 0 unspecified atom stereocenters. The largest absolute Gasteiger partial charge is 0.497 e. The normalized spacial score (nSPS) is 10.6. The highest BCUT2D eigenvalue weighted by Gasteiger charge is 2.09. The van der Waals surface area contributed by atoms with Gasteiger partial charge in [-0.3, -0.25) is 9.89 Å². The van der Waals surface area contributed by atoms with Crippen LogP contribution < -0.4 is 10.1 Å². The van der Waals surface area contributed by atoms with E-state index in [0.29, 0.717) is 34.5 Å². The second kappa shape index (κ2) is 8.88. The van der Waals surface area contributed by atoms with E-state index < -0.39 is 0 Å². The predicted octanol–water partition coefficient (Wildman–Crippen LogP) is 4.04. The lowest BCUT2D eigenvalue weighted by Gasteiger charge is -2.05. The van der Waals surface area contributed by atoms with Gasteiger partial charge in [0, 0.05) is 22.0 Å². The van der Waals surface area contributed by atoms with Crippen molar-refractivity contribution in [1.29, 1.82) is 0 Å². The Balaban J connectivity index is 1.51. The number of rotatable bonds is 7. The number of aryl methyl sites for hydroxylation is 1. The molecule has 1 aromatic heterocycles. The minimum absolute atomic E-state index is 0.0941. The Morgan fingerprint density at radius 1 is 1.19 bits per heavy atom. The summed E-state index contributed by atoms with van der Waals surface area (Å²) >= 11 is 12.0. The van der Waals surface area contributed by atoms with Crippen molar-refractivity contribution in [1.82, 2.24) is 20.5 Å². The first kappa shape index (κ1) is 19.2. The maximum Gasteiger partial charge on any atom is 0.220 e. The molecule has 0 bridgehead atoms. The summed E-state index contributed by atoms with van der Waals surface area (Å²) in [6.45, 7) is 0.274. The van der Waals surface area contributed by atoms with Gasteiger partial charge in [-0.2, -0.15) is 5.10 Å². The minimum Gasteiger partial charge on any atom is -0.497 e. The van der Waals surface area contributed by atoms with E-state index in [9.17, 15) is 4.79 Å². The van der Waals surface area contributed by atoms with E-state index >= 15 is 0 Å². The minimum atomic E-state index is -0.0941. The summed E-state index contributed by atoms with van der Waals surface area (Å²) in [4.78, 5) is 16.5. The van der Waals surface area contributed by atoms with Crippen LogP contribution in [0.15, 0.2) is 42.5 Å². The lowest BCUT2D eigenvalue weighted by atomic mass is 10.1. The van der Waals surface area contributed by atoms with E-state index in [4.69, 9.17) is 27.9 Å². The molecule has 2 N–H and O–H groups in total. The monoisotopic (exact) mass is 404 g/mol. The van der Waals surface area contributed by atoms with Crippen molar-refractivity contribution < 1.29 is 9.53 Å². The molecule has 0 saturated heterocycles. The van der Waals surface area contributed by atoms with Gasteiger partial charge >= 0.3 is 0 Å². The van der Waals surface area contributed by atoms with Crippen molar-refractivity contribution in [3.63, 3.8) is 0 Å². The third-order valence-corrected chi connectivity index (χ3v) is 4.56. The Hall–Kier alpha value is -2.57. The zero-order valence-corrected chi connectivity index (χ0v) is 16.1. The number of ether oxygens (including phenoxy) is 1. The molecule has 1 heterocycles. The second-order valence-electron chi connectivity index (χ2n) is 5.85. The number of aromatic amines is 1.